The van der Waals surface area contributed by atoms with Crippen molar-refractivity contribution in [1.29, 1.82) is 0 Å². The summed E-state index contributed by atoms with van der Waals surface area (Å²) in [4.78, 5) is 30.3. The molecule has 5 rings (SSSR count). The van der Waals surface area contributed by atoms with Gasteiger partial charge >= 0.3 is 6.29 Å². The number of rotatable bonds is 8. The van der Waals surface area contributed by atoms with Crippen molar-refractivity contribution in [3.63, 3.8) is 0 Å². The van der Waals surface area contributed by atoms with Gasteiger partial charge in [-0.05, 0) is 61.6 Å². The fourth-order valence-corrected chi connectivity index (χ4v) is 4.56. The third-order valence-electron chi connectivity index (χ3n) is 6.87. The Hall–Kier alpha value is -3.59. The maximum absolute atomic E-state index is 13.4. The van der Waals surface area contributed by atoms with E-state index >= 15 is 0 Å². The zero-order chi connectivity index (χ0) is 25.7. The number of aliphatic hydroxyl groups is 1. The van der Waals surface area contributed by atoms with Gasteiger partial charge in [0, 0.05) is 29.9 Å². The molecule has 3 aromatic rings. The molecule has 1 aromatic carbocycles. The molecule has 36 heavy (non-hydrogen) atoms. The Morgan fingerprint density at radius 2 is 1.89 bits per heavy atom. The summed E-state index contributed by atoms with van der Waals surface area (Å²) in [6, 6.07) is 11.3. The summed E-state index contributed by atoms with van der Waals surface area (Å²) in [6.07, 6.45) is -0.830. The molecule has 0 radical (unpaired) electrons. The number of hydrogen-bond donors (Lipinski definition) is 1. The maximum atomic E-state index is 13.4. The van der Waals surface area contributed by atoms with Crippen LogP contribution < -0.4 is 15.0 Å². The number of Topliss-reactive ketones (excluding diaryl/α,β-unsaturated/α-hetero) is 1. The largest absolute Gasteiger partial charge is 0.586 e. The Morgan fingerprint density at radius 1 is 1.14 bits per heavy atom. The van der Waals surface area contributed by atoms with Crippen molar-refractivity contribution in [3.8, 4) is 22.8 Å². The van der Waals surface area contributed by atoms with Crippen molar-refractivity contribution in [2.75, 3.05) is 0 Å². The van der Waals surface area contributed by atoms with Gasteiger partial charge in [-0.2, -0.15) is 0 Å². The molecule has 188 valence electrons. The molecule has 1 fully saturated rings. The van der Waals surface area contributed by atoms with Gasteiger partial charge in [0.05, 0.1) is 23.8 Å². The van der Waals surface area contributed by atoms with Crippen LogP contribution in [0.2, 0.25) is 0 Å². The molecule has 1 N–H and O–H groups in total. The lowest BCUT2D eigenvalue weighted by atomic mass is 9.88. The summed E-state index contributed by atoms with van der Waals surface area (Å²) >= 11 is 0. The predicted octanol–water partition coefficient (Wildman–Crippen LogP) is 4.15. The van der Waals surface area contributed by atoms with E-state index in [0.717, 1.165) is 5.56 Å². The monoisotopic (exact) mass is 496 g/mol. The summed E-state index contributed by atoms with van der Waals surface area (Å²) in [7, 11) is 0. The highest BCUT2D eigenvalue weighted by molar-refractivity contribution is 5.94. The number of halogens is 2. The minimum Gasteiger partial charge on any atom is -0.395 e. The van der Waals surface area contributed by atoms with Crippen molar-refractivity contribution >= 4 is 5.78 Å². The number of aliphatic hydroxyl groups excluding tert-OH is 1. The number of aryl methyl sites for hydroxylation is 1. The predicted molar refractivity (Wildman–Crippen MR) is 127 cm³/mol. The molecule has 2 aromatic heterocycles. The molecule has 2 aliphatic rings. The number of alkyl halides is 2. The molecule has 1 atom stereocenters. The molecule has 0 spiro atoms. The summed E-state index contributed by atoms with van der Waals surface area (Å²) in [5.74, 6) is -0.174. The molecule has 0 saturated heterocycles. The Morgan fingerprint density at radius 3 is 2.61 bits per heavy atom. The lowest BCUT2D eigenvalue weighted by Gasteiger charge is -2.16. The first-order chi connectivity index (χ1) is 17.1. The Balaban J connectivity index is 1.39. The van der Waals surface area contributed by atoms with Gasteiger partial charge in [0.15, 0.2) is 11.5 Å². The number of carbonyl (C=O) groups excluding carboxylic acids is 1. The fourth-order valence-electron chi connectivity index (χ4n) is 4.56. The van der Waals surface area contributed by atoms with E-state index in [2.05, 4.69) is 9.47 Å². The number of ketones is 1. The van der Waals surface area contributed by atoms with Crippen molar-refractivity contribution in [3.05, 3.63) is 75.8 Å². The van der Waals surface area contributed by atoms with Crippen molar-refractivity contribution in [2.24, 2.45) is 0 Å². The molecule has 3 heterocycles. The van der Waals surface area contributed by atoms with Gasteiger partial charge in [0.1, 0.15) is 5.78 Å². The van der Waals surface area contributed by atoms with Crippen LogP contribution in [-0.4, -0.2) is 32.8 Å². The van der Waals surface area contributed by atoms with E-state index in [4.69, 9.17) is 4.98 Å². The first-order valence-corrected chi connectivity index (χ1v) is 11.9. The highest BCUT2D eigenvalue weighted by Crippen LogP contribution is 2.52. The topological polar surface area (TPSA) is 90.7 Å². The van der Waals surface area contributed by atoms with Crippen LogP contribution >= 0.6 is 0 Å². The average Bonchev–Trinajstić information content (AvgIpc) is 3.58. The second-order valence-corrected chi connectivity index (χ2v) is 9.45. The van der Waals surface area contributed by atoms with Crippen LogP contribution in [0.5, 0.6) is 11.5 Å². The second kappa shape index (κ2) is 8.81. The molecule has 1 saturated carbocycles. The van der Waals surface area contributed by atoms with Gasteiger partial charge in [-0.3, -0.25) is 14.6 Å². The fraction of sp³-hybridized carbons (Fsp3) is 0.370. The minimum atomic E-state index is -3.71. The lowest BCUT2D eigenvalue weighted by Crippen LogP contribution is -2.26. The van der Waals surface area contributed by atoms with E-state index in [9.17, 15) is 23.5 Å². The standard InChI is InChI=1S/C27H26F2N2O5/c1-3-20(32)15-31-14-17(5-9-24(31)34)25-16(2)4-7-19(30-25)13-23(33)26(10-11-26)18-6-8-21-22(12-18)36-27(28,29)35-21/h4-9,12,14,20,32H,3,10-11,13,15H2,1-2H3/t20-/m0/s1. The van der Waals surface area contributed by atoms with Crippen LogP contribution in [-0.2, 0) is 23.2 Å². The van der Waals surface area contributed by atoms with Crippen molar-refractivity contribution in [2.45, 2.75) is 63.9 Å². The number of pyridine rings is 2. The number of ether oxygens (including phenoxy) is 2. The quantitative estimate of drug-likeness (QED) is 0.504. The van der Waals surface area contributed by atoms with Crippen LogP contribution in [0.4, 0.5) is 8.78 Å². The smallest absolute Gasteiger partial charge is 0.395 e. The first kappa shape index (κ1) is 24.1. The highest BCUT2D eigenvalue weighted by atomic mass is 19.3. The molecular weight excluding hydrogens is 470 g/mol. The van der Waals surface area contributed by atoms with Crippen molar-refractivity contribution < 1.29 is 28.2 Å². The third-order valence-corrected chi connectivity index (χ3v) is 6.87. The summed E-state index contributed by atoms with van der Waals surface area (Å²) in [5.41, 5.74) is 2.47. The second-order valence-electron chi connectivity index (χ2n) is 9.45. The Bertz CT molecular complexity index is 1400. The van der Waals surface area contributed by atoms with E-state index in [-0.39, 0.29) is 35.8 Å². The maximum Gasteiger partial charge on any atom is 0.586 e. The molecule has 0 unspecified atom stereocenters. The average molecular weight is 497 g/mol. The summed E-state index contributed by atoms with van der Waals surface area (Å²) in [6.45, 7) is 3.93. The van der Waals surface area contributed by atoms with Gasteiger partial charge in [-0.15, -0.1) is 8.78 Å². The molecule has 1 aliphatic heterocycles. The first-order valence-electron chi connectivity index (χ1n) is 11.9. The van der Waals surface area contributed by atoms with Crippen LogP contribution in [0, 0.1) is 6.92 Å². The molecule has 0 amide bonds. The Labute approximate surface area is 206 Å². The molecule has 0 bridgehead atoms. The minimum absolute atomic E-state index is 0.0496. The summed E-state index contributed by atoms with van der Waals surface area (Å²) in [5, 5.41) is 9.98. The van der Waals surface area contributed by atoms with Gasteiger partial charge in [0.25, 0.3) is 5.56 Å². The molecular formula is C27H26F2N2O5. The van der Waals surface area contributed by atoms with E-state index in [1.54, 1.807) is 24.4 Å². The van der Waals surface area contributed by atoms with Crippen LogP contribution in [0.15, 0.2) is 53.5 Å². The van der Waals surface area contributed by atoms with Crippen molar-refractivity contribution in [1.82, 2.24) is 9.55 Å². The van der Waals surface area contributed by atoms with Crippen LogP contribution in [0.1, 0.15) is 43.0 Å². The number of fused-ring (bicyclic) bond motifs is 1. The zero-order valence-corrected chi connectivity index (χ0v) is 20.0. The summed E-state index contributed by atoms with van der Waals surface area (Å²) < 4.78 is 37.3. The third kappa shape index (κ3) is 4.51. The normalized spacial score (nSPS) is 17.6. The van der Waals surface area contributed by atoms with Gasteiger partial charge in [-0.25, -0.2) is 0 Å². The van der Waals surface area contributed by atoms with Crippen LogP contribution in [0.3, 0.4) is 0 Å². The number of nitrogens with zero attached hydrogens (tertiary/aromatic N) is 2. The number of benzene rings is 1. The van der Waals surface area contributed by atoms with Gasteiger partial charge in [-0.1, -0.05) is 19.1 Å². The lowest BCUT2D eigenvalue weighted by molar-refractivity contribution is -0.286. The molecule has 1 aliphatic carbocycles. The highest BCUT2D eigenvalue weighted by Gasteiger charge is 2.52. The van der Waals surface area contributed by atoms with Gasteiger partial charge in [0.2, 0.25) is 0 Å². The number of aromatic nitrogens is 2. The zero-order valence-electron chi connectivity index (χ0n) is 20.0. The number of carbonyl (C=O) groups is 1. The number of hydrogen-bond acceptors (Lipinski definition) is 6. The van der Waals surface area contributed by atoms with E-state index in [1.807, 2.05) is 19.9 Å². The Kier molecular flexibility index (Phi) is 5.90. The van der Waals surface area contributed by atoms with Crippen LogP contribution in [0.25, 0.3) is 11.3 Å². The van der Waals surface area contributed by atoms with E-state index in [0.29, 0.717) is 41.8 Å². The molecule has 9 heteroatoms. The molecule has 7 nitrogen and oxygen atoms in total. The SMILES string of the molecule is CC[C@H](O)Cn1cc(-c2nc(CC(=O)C3(c4ccc5c(c4)OC(F)(F)O5)CC3)ccc2C)ccc1=O. The van der Waals surface area contributed by atoms with E-state index < -0.39 is 17.8 Å². The van der Waals surface area contributed by atoms with Gasteiger partial charge < -0.3 is 19.1 Å². The van der Waals surface area contributed by atoms with E-state index in [1.165, 1.54) is 22.8 Å².